The van der Waals surface area contributed by atoms with Crippen molar-refractivity contribution in [2.75, 3.05) is 6.61 Å². The standard InChI is InChI=1S/C12H14O2.C3H7NO3/c1-12(2,3)14-11(13)10-8-6-4-5-7-9(8)10;4-2(1-5)3(6)7/h4-7,10H,1-3H3;2,5H,1,4H2,(H,6,7)/t;2-/m.0/s1. The van der Waals surface area contributed by atoms with Crippen LogP contribution in [-0.2, 0) is 14.3 Å². The molecule has 0 spiro atoms. The summed E-state index contributed by atoms with van der Waals surface area (Å²) in [4.78, 5) is 21.3. The molecule has 0 amide bonds. The lowest BCUT2D eigenvalue weighted by Crippen LogP contribution is -2.33. The molecule has 0 radical (unpaired) electrons. The molecule has 1 aromatic carbocycles. The molecule has 6 nitrogen and oxygen atoms in total. The second kappa shape index (κ2) is 6.69. The third-order valence-electron chi connectivity index (χ3n) is 2.69. The van der Waals surface area contributed by atoms with Gasteiger partial charge in [-0.3, -0.25) is 9.59 Å². The van der Waals surface area contributed by atoms with E-state index in [0.717, 1.165) is 11.1 Å². The topological polar surface area (TPSA) is 110 Å². The van der Waals surface area contributed by atoms with E-state index in [1.54, 1.807) is 0 Å². The van der Waals surface area contributed by atoms with E-state index in [1.807, 2.05) is 45.0 Å². The molecule has 1 aliphatic rings. The summed E-state index contributed by atoms with van der Waals surface area (Å²) in [7, 11) is 0. The SMILES string of the molecule is CC(C)(C)OC(=O)C1c2ccccc21.N[C@@H](CO)C(=O)O. The number of benzene rings is 1. The van der Waals surface area contributed by atoms with Gasteiger partial charge in [0.25, 0.3) is 0 Å². The summed E-state index contributed by atoms with van der Waals surface area (Å²) in [6, 6.07) is 6.72. The molecule has 1 aromatic rings. The summed E-state index contributed by atoms with van der Waals surface area (Å²) >= 11 is 0. The zero-order valence-electron chi connectivity index (χ0n) is 12.4. The van der Waals surface area contributed by atoms with Crippen molar-refractivity contribution >= 4 is 11.9 Å². The number of fused-ring (bicyclic) bond motifs is 1. The number of hydrogen-bond acceptors (Lipinski definition) is 5. The van der Waals surface area contributed by atoms with Crippen LogP contribution in [-0.4, -0.2) is 40.4 Å². The monoisotopic (exact) mass is 295 g/mol. The van der Waals surface area contributed by atoms with Crippen molar-refractivity contribution < 1.29 is 24.5 Å². The molecule has 0 heterocycles. The van der Waals surface area contributed by atoms with Crippen LogP contribution in [0.1, 0.15) is 37.8 Å². The smallest absolute Gasteiger partial charge is 0.322 e. The number of carboxylic acids is 1. The van der Waals surface area contributed by atoms with Gasteiger partial charge in [0.05, 0.1) is 6.61 Å². The minimum atomic E-state index is -1.18. The molecule has 0 saturated heterocycles. The predicted molar refractivity (Wildman–Crippen MR) is 76.8 cm³/mol. The van der Waals surface area contributed by atoms with Crippen LogP contribution >= 0.6 is 0 Å². The molecule has 1 atom stereocenters. The maximum absolute atomic E-state index is 11.7. The van der Waals surface area contributed by atoms with Crippen LogP contribution in [0, 0.1) is 0 Å². The van der Waals surface area contributed by atoms with E-state index in [-0.39, 0.29) is 11.9 Å². The zero-order valence-corrected chi connectivity index (χ0v) is 12.4. The minimum Gasteiger partial charge on any atom is -0.480 e. The van der Waals surface area contributed by atoms with Crippen LogP contribution in [0.2, 0.25) is 0 Å². The lowest BCUT2D eigenvalue weighted by molar-refractivity contribution is -0.154. The first kappa shape index (κ1) is 17.1. The molecule has 0 fully saturated rings. The van der Waals surface area contributed by atoms with Crippen molar-refractivity contribution in [1.82, 2.24) is 0 Å². The van der Waals surface area contributed by atoms with Crippen molar-refractivity contribution in [2.24, 2.45) is 5.73 Å². The zero-order chi connectivity index (χ0) is 16.2. The largest absolute Gasteiger partial charge is 0.480 e. The fourth-order valence-electron chi connectivity index (χ4n) is 1.65. The minimum absolute atomic E-state index is 0.0933. The average Bonchev–Trinajstić information content (AvgIpc) is 3.10. The number of carbonyl (C=O) groups excluding carboxylic acids is 1. The molecule has 0 unspecified atom stereocenters. The molecule has 0 aliphatic heterocycles. The van der Waals surface area contributed by atoms with E-state index in [4.69, 9.17) is 20.7 Å². The summed E-state index contributed by atoms with van der Waals surface area (Å²) in [6.07, 6.45) is 0. The number of carboxylic acid groups (broad SMARTS) is 1. The Morgan fingerprint density at radius 1 is 1.29 bits per heavy atom. The lowest BCUT2D eigenvalue weighted by Gasteiger charge is -2.19. The van der Waals surface area contributed by atoms with Gasteiger partial charge < -0.3 is 20.7 Å². The van der Waals surface area contributed by atoms with Gasteiger partial charge in [-0.15, -0.1) is 0 Å². The Morgan fingerprint density at radius 3 is 2.05 bits per heavy atom. The fraction of sp³-hybridized carbons (Fsp3) is 0.467. The van der Waals surface area contributed by atoms with Crippen LogP contribution in [0.5, 0.6) is 0 Å². The van der Waals surface area contributed by atoms with Crippen molar-refractivity contribution in [3.05, 3.63) is 35.4 Å². The van der Waals surface area contributed by atoms with Gasteiger partial charge in [0, 0.05) is 0 Å². The summed E-state index contributed by atoms with van der Waals surface area (Å²) in [5.74, 6) is -1.40. The molecule has 1 aliphatic carbocycles. The number of nitrogens with two attached hydrogens (primary N) is 1. The number of hydrogen-bond donors (Lipinski definition) is 3. The number of carbonyl (C=O) groups is 2. The Kier molecular flexibility index (Phi) is 5.46. The number of ether oxygens (including phenoxy) is 1. The van der Waals surface area contributed by atoms with E-state index in [1.165, 1.54) is 0 Å². The van der Waals surface area contributed by atoms with Gasteiger partial charge in [0.1, 0.15) is 17.6 Å². The van der Waals surface area contributed by atoms with Crippen molar-refractivity contribution in [3.8, 4) is 0 Å². The number of esters is 1. The van der Waals surface area contributed by atoms with Gasteiger partial charge in [-0.05, 0) is 31.9 Å². The van der Waals surface area contributed by atoms with Crippen LogP contribution in [0.15, 0.2) is 24.3 Å². The van der Waals surface area contributed by atoms with Crippen LogP contribution in [0.3, 0.4) is 0 Å². The second-order valence-electron chi connectivity index (χ2n) is 5.72. The van der Waals surface area contributed by atoms with E-state index < -0.39 is 24.2 Å². The van der Waals surface area contributed by atoms with Gasteiger partial charge in [0.15, 0.2) is 0 Å². The third-order valence-corrected chi connectivity index (χ3v) is 2.69. The van der Waals surface area contributed by atoms with Gasteiger partial charge in [0.2, 0.25) is 0 Å². The molecule has 4 N–H and O–H groups in total. The van der Waals surface area contributed by atoms with E-state index in [0.29, 0.717) is 0 Å². The Morgan fingerprint density at radius 2 is 1.76 bits per heavy atom. The molecule has 2 rings (SSSR count). The Hall–Kier alpha value is -1.92. The highest BCUT2D eigenvalue weighted by Gasteiger charge is 2.40. The van der Waals surface area contributed by atoms with E-state index in [9.17, 15) is 9.59 Å². The summed E-state index contributed by atoms with van der Waals surface area (Å²) in [6.45, 7) is 5.16. The van der Waals surface area contributed by atoms with Gasteiger partial charge in [-0.1, -0.05) is 24.3 Å². The van der Waals surface area contributed by atoms with Gasteiger partial charge in [-0.2, -0.15) is 0 Å². The average molecular weight is 295 g/mol. The third kappa shape index (κ3) is 5.17. The highest BCUT2D eigenvalue weighted by Crippen LogP contribution is 2.44. The molecule has 0 aromatic heterocycles. The van der Waals surface area contributed by atoms with Gasteiger partial charge in [-0.25, -0.2) is 0 Å². The normalized spacial score (nSPS) is 14.3. The van der Waals surface area contributed by atoms with E-state index >= 15 is 0 Å². The van der Waals surface area contributed by atoms with E-state index in [2.05, 4.69) is 0 Å². The summed E-state index contributed by atoms with van der Waals surface area (Å²) in [5.41, 5.74) is 6.60. The highest BCUT2D eigenvalue weighted by atomic mass is 16.6. The summed E-state index contributed by atoms with van der Waals surface area (Å²) < 4.78 is 5.31. The first-order chi connectivity index (χ1) is 9.67. The molecular weight excluding hydrogens is 274 g/mol. The van der Waals surface area contributed by atoms with Crippen molar-refractivity contribution in [3.63, 3.8) is 0 Å². The summed E-state index contributed by atoms with van der Waals surface area (Å²) in [5, 5.41) is 15.9. The predicted octanol–water partition coefficient (Wildman–Crippen LogP) is 0.864. The molecule has 0 bridgehead atoms. The molecule has 0 saturated carbocycles. The highest BCUT2D eigenvalue weighted by molar-refractivity contribution is 5.90. The first-order valence-electron chi connectivity index (χ1n) is 6.58. The van der Waals surface area contributed by atoms with Crippen LogP contribution in [0.25, 0.3) is 0 Å². The maximum atomic E-state index is 11.7. The molecule has 116 valence electrons. The quantitative estimate of drug-likeness (QED) is 0.714. The van der Waals surface area contributed by atoms with Crippen LogP contribution in [0.4, 0.5) is 0 Å². The fourth-order valence-corrected chi connectivity index (χ4v) is 1.65. The van der Waals surface area contributed by atoms with Crippen molar-refractivity contribution in [1.29, 1.82) is 0 Å². The Bertz CT molecular complexity index is 498. The molecular formula is C15H21NO5. The number of aliphatic carboxylic acids is 1. The maximum Gasteiger partial charge on any atom is 0.322 e. The Labute approximate surface area is 123 Å². The molecule has 6 heteroatoms. The van der Waals surface area contributed by atoms with Crippen LogP contribution < -0.4 is 5.73 Å². The molecule has 21 heavy (non-hydrogen) atoms. The second-order valence-corrected chi connectivity index (χ2v) is 5.72. The lowest BCUT2D eigenvalue weighted by atomic mass is 10.2. The van der Waals surface area contributed by atoms with Gasteiger partial charge >= 0.3 is 11.9 Å². The number of rotatable bonds is 3. The number of aliphatic hydroxyl groups excluding tert-OH is 1. The van der Waals surface area contributed by atoms with Crippen molar-refractivity contribution in [2.45, 2.75) is 38.3 Å². The first-order valence-corrected chi connectivity index (χ1v) is 6.58. The Balaban J connectivity index is 0.000000270. The number of aliphatic hydroxyl groups is 1.